The van der Waals surface area contributed by atoms with Gasteiger partial charge >= 0.3 is 19.8 Å². The summed E-state index contributed by atoms with van der Waals surface area (Å²) in [5, 5.41) is 18.3. The number of carbonyl (C=O) groups is 2. The molecule has 0 radical (unpaired) electrons. The maximum atomic E-state index is 12.6. The van der Waals surface area contributed by atoms with Crippen molar-refractivity contribution in [2.24, 2.45) is 0 Å². The zero-order valence-corrected chi connectivity index (χ0v) is 34.4. The Bertz CT molecular complexity index is 842. The van der Waals surface area contributed by atoms with Crippen molar-refractivity contribution in [1.29, 1.82) is 0 Å². The molecule has 11 heteroatoms. The van der Waals surface area contributed by atoms with Crippen LogP contribution in [0, 0.1) is 0 Å². The van der Waals surface area contributed by atoms with Gasteiger partial charge in [-0.1, -0.05) is 187 Å². The topological polar surface area (TPSA) is 149 Å². The molecule has 0 aliphatic heterocycles. The summed E-state index contributed by atoms with van der Waals surface area (Å²) < 4.78 is 32.6. The van der Waals surface area contributed by atoms with Crippen LogP contribution in [-0.2, 0) is 32.7 Å². The molecule has 0 aliphatic carbocycles. The van der Waals surface area contributed by atoms with Gasteiger partial charge in [0.25, 0.3) is 0 Å². The molecule has 0 aromatic carbocycles. The smallest absolute Gasteiger partial charge is 0.462 e. The second-order valence-electron chi connectivity index (χ2n) is 14.7. The van der Waals surface area contributed by atoms with Gasteiger partial charge in [0, 0.05) is 12.8 Å². The van der Waals surface area contributed by atoms with Gasteiger partial charge in [0.2, 0.25) is 0 Å². The zero-order valence-electron chi connectivity index (χ0n) is 33.6. The van der Waals surface area contributed by atoms with Crippen LogP contribution < -0.4 is 0 Å². The summed E-state index contributed by atoms with van der Waals surface area (Å²) in [5.74, 6) is -0.914. The second kappa shape index (κ2) is 38.3. The predicted octanol–water partition coefficient (Wildman–Crippen LogP) is 11.1. The first kappa shape index (κ1) is 51.0. The normalized spacial score (nSPS) is 13.9. The van der Waals surface area contributed by atoms with Crippen molar-refractivity contribution < 1.29 is 47.8 Å². The summed E-state index contributed by atoms with van der Waals surface area (Å²) in [6.45, 7) is 2.39. The molecular formula is C41H81O10P. The summed E-state index contributed by atoms with van der Waals surface area (Å²) in [5.41, 5.74) is 0. The summed E-state index contributed by atoms with van der Waals surface area (Å²) in [6.07, 6.45) is 33.7. The maximum absolute atomic E-state index is 12.6. The van der Waals surface area contributed by atoms with Gasteiger partial charge < -0.3 is 24.6 Å². The molecule has 3 N–H and O–H groups in total. The van der Waals surface area contributed by atoms with Crippen molar-refractivity contribution in [3.05, 3.63) is 0 Å². The molecule has 0 saturated heterocycles. The zero-order chi connectivity index (χ0) is 38.4. The van der Waals surface area contributed by atoms with Crippen molar-refractivity contribution in [3.63, 3.8) is 0 Å². The molecule has 0 rings (SSSR count). The van der Waals surface area contributed by atoms with Crippen LogP contribution in [0.5, 0.6) is 0 Å². The third-order valence-corrected chi connectivity index (χ3v) is 10.5. The number of phosphoric acid groups is 1. The molecule has 0 saturated carbocycles. The number of aliphatic hydroxyl groups excluding tert-OH is 2. The Morgan fingerprint density at radius 3 is 1.19 bits per heavy atom. The Morgan fingerprint density at radius 2 is 0.827 bits per heavy atom. The lowest BCUT2D eigenvalue weighted by Crippen LogP contribution is -2.29. The molecular weight excluding hydrogens is 683 g/mol. The highest BCUT2D eigenvalue weighted by Crippen LogP contribution is 2.43. The number of hydrogen-bond donors (Lipinski definition) is 3. The number of phosphoric ester groups is 1. The number of unbranched alkanes of at least 4 members (excludes halogenated alkanes) is 27. The molecule has 0 heterocycles. The van der Waals surface area contributed by atoms with Crippen molar-refractivity contribution in [3.8, 4) is 0 Å². The van der Waals surface area contributed by atoms with Gasteiger partial charge in [-0.15, -0.1) is 0 Å². The van der Waals surface area contributed by atoms with Crippen LogP contribution in [0.3, 0.4) is 0 Å². The number of carbonyl (C=O) groups excluding carboxylic acids is 2. The van der Waals surface area contributed by atoms with Crippen LogP contribution >= 0.6 is 7.82 Å². The standard InChI is InChI=1S/C41H81O10P/c1-3-5-7-9-11-13-14-15-16-17-18-19-20-21-22-23-25-27-29-31-33-41(45)51-39(37-50-52(46,47)49-35-38(43)34-42)36-48-40(44)32-30-28-26-24-12-10-8-6-4-2/h38-39,42-43H,3-37H2,1-2H3,(H,46,47). The number of rotatable bonds is 41. The van der Waals surface area contributed by atoms with E-state index in [4.69, 9.17) is 19.1 Å². The lowest BCUT2D eigenvalue weighted by atomic mass is 10.0. The minimum Gasteiger partial charge on any atom is -0.462 e. The molecule has 0 bridgehead atoms. The van der Waals surface area contributed by atoms with Crippen molar-refractivity contribution in [2.45, 2.75) is 225 Å². The Morgan fingerprint density at radius 1 is 0.500 bits per heavy atom. The van der Waals surface area contributed by atoms with Crippen molar-refractivity contribution >= 4 is 19.8 Å². The Labute approximate surface area is 318 Å². The van der Waals surface area contributed by atoms with E-state index in [1.165, 1.54) is 135 Å². The van der Waals surface area contributed by atoms with E-state index < -0.39 is 51.8 Å². The molecule has 10 nitrogen and oxygen atoms in total. The average molecular weight is 765 g/mol. The van der Waals surface area contributed by atoms with Crippen LogP contribution in [0.1, 0.15) is 213 Å². The molecule has 0 aromatic heterocycles. The third-order valence-electron chi connectivity index (χ3n) is 9.51. The summed E-state index contributed by atoms with van der Waals surface area (Å²) in [7, 11) is -4.60. The quantitative estimate of drug-likeness (QED) is 0.0312. The predicted molar refractivity (Wildman–Crippen MR) is 210 cm³/mol. The minimum atomic E-state index is -4.60. The van der Waals surface area contributed by atoms with Gasteiger partial charge in [-0.2, -0.15) is 0 Å². The highest BCUT2D eigenvalue weighted by molar-refractivity contribution is 7.47. The number of esters is 2. The van der Waals surface area contributed by atoms with E-state index in [2.05, 4.69) is 18.4 Å². The van der Waals surface area contributed by atoms with Gasteiger partial charge in [-0.05, 0) is 12.8 Å². The molecule has 3 atom stereocenters. The molecule has 0 aromatic rings. The summed E-state index contributed by atoms with van der Waals surface area (Å²) in [4.78, 5) is 34.8. The summed E-state index contributed by atoms with van der Waals surface area (Å²) >= 11 is 0. The number of hydrogen-bond acceptors (Lipinski definition) is 9. The molecule has 0 amide bonds. The monoisotopic (exact) mass is 765 g/mol. The number of aliphatic hydroxyl groups is 2. The van der Waals surface area contributed by atoms with E-state index in [0.29, 0.717) is 12.8 Å². The van der Waals surface area contributed by atoms with Crippen LogP contribution in [-0.4, -0.2) is 65.7 Å². The molecule has 0 spiro atoms. The first-order valence-electron chi connectivity index (χ1n) is 21.5. The van der Waals surface area contributed by atoms with Crippen LogP contribution in [0.25, 0.3) is 0 Å². The van der Waals surface area contributed by atoms with E-state index in [1.807, 2.05) is 0 Å². The van der Waals surface area contributed by atoms with E-state index in [-0.39, 0.29) is 19.4 Å². The van der Waals surface area contributed by atoms with Crippen molar-refractivity contribution in [1.82, 2.24) is 0 Å². The molecule has 0 fully saturated rings. The molecule has 310 valence electrons. The second-order valence-corrected chi connectivity index (χ2v) is 16.2. The van der Waals surface area contributed by atoms with E-state index in [0.717, 1.165) is 38.5 Å². The Kier molecular flexibility index (Phi) is 37.5. The van der Waals surface area contributed by atoms with Gasteiger partial charge in [-0.25, -0.2) is 4.57 Å². The molecule has 52 heavy (non-hydrogen) atoms. The lowest BCUT2D eigenvalue weighted by molar-refractivity contribution is -0.161. The van der Waals surface area contributed by atoms with Crippen molar-refractivity contribution in [2.75, 3.05) is 26.4 Å². The first-order chi connectivity index (χ1) is 25.2. The highest BCUT2D eigenvalue weighted by Gasteiger charge is 2.27. The first-order valence-corrected chi connectivity index (χ1v) is 23.0. The fourth-order valence-corrected chi connectivity index (χ4v) is 6.96. The molecule has 3 unspecified atom stereocenters. The Hall–Kier alpha value is -1.03. The largest absolute Gasteiger partial charge is 0.472 e. The third kappa shape index (κ3) is 37.3. The van der Waals surface area contributed by atoms with Crippen LogP contribution in [0.4, 0.5) is 0 Å². The van der Waals surface area contributed by atoms with E-state index in [9.17, 15) is 24.2 Å². The summed E-state index contributed by atoms with van der Waals surface area (Å²) in [6, 6.07) is 0. The lowest BCUT2D eigenvalue weighted by Gasteiger charge is -2.20. The van der Waals surface area contributed by atoms with Gasteiger partial charge in [0.15, 0.2) is 6.10 Å². The average Bonchev–Trinajstić information content (AvgIpc) is 3.13. The SMILES string of the molecule is CCCCCCCCCCCCCCCCCCCCCCC(=O)OC(COC(=O)CCCCCCCCCCC)COP(=O)(O)OCC(O)CO. The molecule has 0 aliphatic rings. The fourth-order valence-electron chi connectivity index (χ4n) is 6.17. The van der Waals surface area contributed by atoms with Gasteiger partial charge in [-0.3, -0.25) is 18.6 Å². The maximum Gasteiger partial charge on any atom is 0.472 e. The van der Waals surface area contributed by atoms with Crippen LogP contribution in [0.2, 0.25) is 0 Å². The minimum absolute atomic E-state index is 0.192. The van der Waals surface area contributed by atoms with E-state index in [1.54, 1.807) is 0 Å². The Balaban J connectivity index is 4.16. The fraction of sp³-hybridized carbons (Fsp3) is 0.951. The van der Waals surface area contributed by atoms with Gasteiger partial charge in [0.1, 0.15) is 12.7 Å². The number of ether oxygens (including phenoxy) is 2. The van der Waals surface area contributed by atoms with Crippen LogP contribution in [0.15, 0.2) is 0 Å². The highest BCUT2D eigenvalue weighted by atomic mass is 31.2. The van der Waals surface area contributed by atoms with Gasteiger partial charge in [0.05, 0.1) is 19.8 Å². The van der Waals surface area contributed by atoms with E-state index >= 15 is 0 Å².